The molecular formula is C18H26FN3O2. The molecule has 6 heteroatoms. The summed E-state index contributed by atoms with van der Waals surface area (Å²) in [6.45, 7) is 0.679. The smallest absolute Gasteiger partial charge is 0.315 e. The van der Waals surface area contributed by atoms with Crippen LogP contribution in [0, 0.1) is 5.82 Å². The molecule has 0 unspecified atom stereocenters. The molecule has 1 saturated carbocycles. The summed E-state index contributed by atoms with van der Waals surface area (Å²) in [4.78, 5) is 23.4. The number of rotatable bonds is 7. The van der Waals surface area contributed by atoms with Crippen molar-refractivity contribution in [2.75, 3.05) is 13.1 Å². The van der Waals surface area contributed by atoms with Crippen LogP contribution in [0.1, 0.15) is 44.1 Å². The minimum Gasteiger partial charge on any atom is -0.356 e. The molecule has 3 N–H and O–H groups in total. The third-order valence-corrected chi connectivity index (χ3v) is 4.25. The molecule has 0 spiro atoms. The van der Waals surface area contributed by atoms with E-state index in [1.165, 1.54) is 12.5 Å². The van der Waals surface area contributed by atoms with Gasteiger partial charge < -0.3 is 16.0 Å². The number of benzene rings is 1. The Morgan fingerprint density at radius 2 is 1.79 bits per heavy atom. The lowest BCUT2D eigenvalue weighted by atomic mass is 9.96. The lowest BCUT2D eigenvalue weighted by molar-refractivity contribution is -0.120. The van der Waals surface area contributed by atoms with Crippen LogP contribution in [0.5, 0.6) is 0 Å². The Bertz CT molecular complexity index is 545. The monoisotopic (exact) mass is 335 g/mol. The number of carbonyl (C=O) groups is 2. The maximum Gasteiger partial charge on any atom is 0.315 e. The number of nitrogens with one attached hydrogen (secondary N) is 3. The number of amides is 3. The molecule has 1 fully saturated rings. The minimum absolute atomic E-state index is 0.149. The van der Waals surface area contributed by atoms with Gasteiger partial charge in [0.05, 0.1) is 0 Å². The first-order valence-electron chi connectivity index (χ1n) is 8.69. The standard InChI is InChI=1S/C18H26FN3O2/c19-16-9-5-4-6-14(16)10-12-20-17(23)11-13-21-18(24)22-15-7-2-1-3-8-15/h4-6,9,15H,1-3,7-8,10-13H2,(H,20,23)(H2,21,22,24). The maximum atomic E-state index is 13.4. The summed E-state index contributed by atoms with van der Waals surface area (Å²) in [6.07, 6.45) is 6.30. The van der Waals surface area contributed by atoms with Gasteiger partial charge in [-0.05, 0) is 30.9 Å². The highest BCUT2D eigenvalue weighted by Gasteiger charge is 2.15. The number of hydrogen-bond acceptors (Lipinski definition) is 2. The van der Waals surface area contributed by atoms with E-state index < -0.39 is 0 Å². The van der Waals surface area contributed by atoms with Crippen LogP contribution in [0.2, 0.25) is 0 Å². The highest BCUT2D eigenvalue weighted by atomic mass is 19.1. The second kappa shape index (κ2) is 9.90. The van der Waals surface area contributed by atoms with Gasteiger partial charge in [-0.25, -0.2) is 9.18 Å². The first kappa shape index (κ1) is 18.2. The van der Waals surface area contributed by atoms with E-state index in [-0.39, 0.29) is 30.2 Å². The van der Waals surface area contributed by atoms with E-state index in [4.69, 9.17) is 0 Å². The summed E-state index contributed by atoms with van der Waals surface area (Å²) in [5.74, 6) is -0.405. The van der Waals surface area contributed by atoms with E-state index >= 15 is 0 Å². The molecule has 0 aliphatic heterocycles. The van der Waals surface area contributed by atoms with Crippen molar-refractivity contribution in [3.05, 3.63) is 35.6 Å². The van der Waals surface area contributed by atoms with Crippen LogP contribution < -0.4 is 16.0 Å². The SMILES string of the molecule is O=C(CCNC(=O)NC1CCCCC1)NCCc1ccccc1F. The quantitative estimate of drug-likeness (QED) is 0.716. The van der Waals surface area contributed by atoms with Gasteiger partial charge in [-0.3, -0.25) is 4.79 Å². The molecule has 0 bridgehead atoms. The topological polar surface area (TPSA) is 70.2 Å². The minimum atomic E-state index is -0.257. The van der Waals surface area contributed by atoms with Crippen molar-refractivity contribution in [2.45, 2.75) is 51.0 Å². The fourth-order valence-corrected chi connectivity index (χ4v) is 2.90. The third kappa shape index (κ3) is 6.56. The average Bonchev–Trinajstić information content (AvgIpc) is 2.57. The largest absolute Gasteiger partial charge is 0.356 e. The number of urea groups is 1. The van der Waals surface area contributed by atoms with Crippen molar-refractivity contribution in [1.29, 1.82) is 0 Å². The maximum absolute atomic E-state index is 13.4. The van der Waals surface area contributed by atoms with Crippen LogP contribution in [0.15, 0.2) is 24.3 Å². The zero-order valence-corrected chi connectivity index (χ0v) is 13.9. The molecule has 0 saturated heterocycles. The summed E-state index contributed by atoms with van der Waals surface area (Å²) in [7, 11) is 0. The molecule has 2 rings (SSSR count). The Morgan fingerprint density at radius 1 is 1.04 bits per heavy atom. The molecule has 0 aromatic heterocycles. The van der Waals surface area contributed by atoms with E-state index in [0.29, 0.717) is 25.1 Å². The van der Waals surface area contributed by atoms with Gasteiger partial charge >= 0.3 is 6.03 Å². The van der Waals surface area contributed by atoms with Crippen molar-refractivity contribution in [3.8, 4) is 0 Å². The predicted octanol–water partition coefficient (Wildman–Crippen LogP) is 2.51. The van der Waals surface area contributed by atoms with Crippen molar-refractivity contribution in [2.24, 2.45) is 0 Å². The van der Waals surface area contributed by atoms with Crippen molar-refractivity contribution < 1.29 is 14.0 Å². The third-order valence-electron chi connectivity index (χ3n) is 4.25. The van der Waals surface area contributed by atoms with Crippen LogP contribution in [-0.2, 0) is 11.2 Å². The highest BCUT2D eigenvalue weighted by molar-refractivity contribution is 5.78. The molecule has 0 radical (unpaired) electrons. The summed E-state index contributed by atoms with van der Waals surface area (Å²) in [6, 6.07) is 6.58. The summed E-state index contributed by atoms with van der Waals surface area (Å²) >= 11 is 0. The molecule has 1 aliphatic carbocycles. The molecule has 0 atom stereocenters. The first-order valence-corrected chi connectivity index (χ1v) is 8.69. The zero-order valence-electron chi connectivity index (χ0n) is 13.9. The number of halogens is 1. The van der Waals surface area contributed by atoms with E-state index in [2.05, 4.69) is 16.0 Å². The van der Waals surface area contributed by atoms with Crippen LogP contribution in [0.25, 0.3) is 0 Å². The highest BCUT2D eigenvalue weighted by Crippen LogP contribution is 2.17. The zero-order chi connectivity index (χ0) is 17.2. The van der Waals surface area contributed by atoms with Gasteiger partial charge in [0.2, 0.25) is 5.91 Å². The lowest BCUT2D eigenvalue weighted by Crippen LogP contribution is -2.43. The Balaban J connectivity index is 1.54. The second-order valence-corrected chi connectivity index (χ2v) is 6.18. The first-order chi connectivity index (χ1) is 11.6. The van der Waals surface area contributed by atoms with Gasteiger partial charge in [-0.1, -0.05) is 37.5 Å². The van der Waals surface area contributed by atoms with E-state index in [0.717, 1.165) is 25.7 Å². The lowest BCUT2D eigenvalue weighted by Gasteiger charge is -2.22. The van der Waals surface area contributed by atoms with Crippen molar-refractivity contribution >= 4 is 11.9 Å². The second-order valence-electron chi connectivity index (χ2n) is 6.18. The molecule has 1 aromatic carbocycles. The normalized spacial score (nSPS) is 14.9. The van der Waals surface area contributed by atoms with Gasteiger partial charge in [0.1, 0.15) is 5.82 Å². The number of hydrogen-bond donors (Lipinski definition) is 3. The molecule has 24 heavy (non-hydrogen) atoms. The summed E-state index contributed by atoms with van der Waals surface area (Å²) in [5.41, 5.74) is 0.586. The summed E-state index contributed by atoms with van der Waals surface area (Å²) < 4.78 is 13.4. The fourth-order valence-electron chi connectivity index (χ4n) is 2.90. The van der Waals surface area contributed by atoms with Gasteiger partial charge in [0, 0.05) is 25.6 Å². The summed E-state index contributed by atoms with van der Waals surface area (Å²) in [5, 5.41) is 8.38. The van der Waals surface area contributed by atoms with Gasteiger partial charge in [0.15, 0.2) is 0 Å². The molecular weight excluding hydrogens is 309 g/mol. The molecule has 0 heterocycles. The molecule has 5 nitrogen and oxygen atoms in total. The Labute approximate surface area is 142 Å². The molecule has 1 aromatic rings. The fraction of sp³-hybridized carbons (Fsp3) is 0.556. The van der Waals surface area contributed by atoms with E-state index in [1.807, 2.05) is 0 Å². The van der Waals surface area contributed by atoms with Crippen LogP contribution in [0.4, 0.5) is 9.18 Å². The van der Waals surface area contributed by atoms with Crippen molar-refractivity contribution in [3.63, 3.8) is 0 Å². The van der Waals surface area contributed by atoms with Gasteiger partial charge in [0.25, 0.3) is 0 Å². The Morgan fingerprint density at radius 3 is 2.54 bits per heavy atom. The van der Waals surface area contributed by atoms with Crippen LogP contribution in [0.3, 0.4) is 0 Å². The predicted molar refractivity (Wildman–Crippen MR) is 91.1 cm³/mol. The van der Waals surface area contributed by atoms with Crippen LogP contribution in [-0.4, -0.2) is 31.1 Å². The Hall–Kier alpha value is -2.11. The molecule has 1 aliphatic rings. The van der Waals surface area contributed by atoms with E-state index in [9.17, 15) is 14.0 Å². The van der Waals surface area contributed by atoms with Crippen molar-refractivity contribution in [1.82, 2.24) is 16.0 Å². The Kier molecular flexibility index (Phi) is 7.52. The number of carbonyl (C=O) groups excluding carboxylic acids is 2. The molecule has 132 valence electrons. The van der Waals surface area contributed by atoms with Gasteiger partial charge in [-0.2, -0.15) is 0 Å². The average molecular weight is 335 g/mol. The van der Waals surface area contributed by atoms with E-state index in [1.54, 1.807) is 18.2 Å². The van der Waals surface area contributed by atoms with Gasteiger partial charge in [-0.15, -0.1) is 0 Å². The van der Waals surface area contributed by atoms with Crippen LogP contribution >= 0.6 is 0 Å². The molecule has 3 amide bonds.